The van der Waals surface area contributed by atoms with Gasteiger partial charge in [0.1, 0.15) is 5.78 Å². The molecule has 2 aliphatic rings. The second kappa shape index (κ2) is 11.5. The van der Waals surface area contributed by atoms with Crippen molar-refractivity contribution >= 4 is 5.78 Å². The van der Waals surface area contributed by atoms with Crippen LogP contribution in [0.15, 0.2) is 109 Å². The van der Waals surface area contributed by atoms with Crippen molar-refractivity contribution < 1.29 is 4.79 Å². The van der Waals surface area contributed by atoms with Gasteiger partial charge in [-0.25, -0.2) is 0 Å². The molecule has 4 aromatic rings. The lowest BCUT2D eigenvalue weighted by Gasteiger charge is -2.38. The normalized spacial score (nSPS) is 23.6. The molecule has 4 atom stereocenters. The number of Topliss-reactive ketones (excluding diaryl/α,β-unsaturated/α-hetero) is 1. The third kappa shape index (κ3) is 5.25. The van der Waals surface area contributed by atoms with Crippen LogP contribution in [0.3, 0.4) is 0 Å². The Kier molecular flexibility index (Phi) is 7.54. The van der Waals surface area contributed by atoms with Crippen LogP contribution in [0.25, 0.3) is 22.3 Å². The van der Waals surface area contributed by atoms with Crippen LogP contribution < -0.4 is 0 Å². The monoisotopic (exact) mass is 498 g/mol. The number of carbonyl (C=O) groups is 1. The minimum absolute atomic E-state index is 0.153. The Morgan fingerprint density at radius 3 is 1.16 bits per heavy atom. The standard InChI is InChI=1S/C37H38O/c38-37(35-17-9-7-15-33(35)31-23-19-29(20-24-31)27-11-3-1-4-12-27)36-18-10-8-16-34(36)32-25-21-30(22-26-32)28-13-5-2-6-14-28/h1-6,11-14,19-26,33-36H,7-10,15-18H2. The fourth-order valence-electron chi connectivity index (χ4n) is 7.12. The van der Waals surface area contributed by atoms with Crippen molar-refractivity contribution in [3.05, 3.63) is 120 Å². The van der Waals surface area contributed by atoms with Crippen molar-refractivity contribution in [2.24, 2.45) is 11.8 Å². The second-order valence-electron chi connectivity index (χ2n) is 11.4. The minimum atomic E-state index is 0.153. The highest BCUT2D eigenvalue weighted by molar-refractivity contribution is 5.85. The molecule has 0 heterocycles. The fraction of sp³-hybridized carbons (Fsp3) is 0.324. The molecule has 0 bridgehead atoms. The Bertz CT molecular complexity index is 1220. The maximum Gasteiger partial charge on any atom is 0.140 e. The van der Waals surface area contributed by atoms with E-state index < -0.39 is 0 Å². The van der Waals surface area contributed by atoms with Crippen LogP contribution in [0.4, 0.5) is 0 Å². The Balaban J connectivity index is 1.22. The third-order valence-corrected chi connectivity index (χ3v) is 9.15. The summed E-state index contributed by atoms with van der Waals surface area (Å²) < 4.78 is 0. The molecule has 0 spiro atoms. The van der Waals surface area contributed by atoms with Crippen LogP contribution in [0.1, 0.15) is 74.3 Å². The van der Waals surface area contributed by atoms with Crippen molar-refractivity contribution in [2.75, 3.05) is 0 Å². The summed E-state index contributed by atoms with van der Waals surface area (Å²) >= 11 is 0. The number of benzene rings is 4. The van der Waals surface area contributed by atoms with Gasteiger partial charge in [0.2, 0.25) is 0 Å². The summed E-state index contributed by atoms with van der Waals surface area (Å²) in [5, 5.41) is 0. The van der Waals surface area contributed by atoms with Crippen molar-refractivity contribution in [1.29, 1.82) is 0 Å². The zero-order chi connectivity index (χ0) is 25.7. The highest BCUT2D eigenvalue weighted by Crippen LogP contribution is 2.46. The summed E-state index contributed by atoms with van der Waals surface area (Å²) in [6, 6.07) is 39.3. The van der Waals surface area contributed by atoms with Gasteiger partial charge in [-0.15, -0.1) is 0 Å². The van der Waals surface area contributed by atoms with Gasteiger partial charge in [0.15, 0.2) is 0 Å². The molecule has 1 heteroatoms. The molecule has 38 heavy (non-hydrogen) atoms. The molecule has 4 unspecified atom stereocenters. The van der Waals surface area contributed by atoms with Crippen LogP contribution in [-0.4, -0.2) is 5.78 Å². The van der Waals surface area contributed by atoms with Gasteiger partial charge >= 0.3 is 0 Å². The molecule has 0 N–H and O–H groups in total. The van der Waals surface area contributed by atoms with Gasteiger partial charge in [-0.05, 0) is 70.9 Å². The van der Waals surface area contributed by atoms with Gasteiger partial charge in [0, 0.05) is 11.8 Å². The molecule has 2 aliphatic carbocycles. The lowest BCUT2D eigenvalue weighted by molar-refractivity contribution is -0.130. The van der Waals surface area contributed by atoms with E-state index >= 15 is 0 Å². The summed E-state index contributed by atoms with van der Waals surface area (Å²) in [5.74, 6) is 1.55. The van der Waals surface area contributed by atoms with Crippen molar-refractivity contribution in [1.82, 2.24) is 0 Å². The first kappa shape index (κ1) is 24.9. The average molecular weight is 499 g/mol. The Hall–Kier alpha value is -3.45. The number of ketones is 1. The van der Waals surface area contributed by atoms with Crippen molar-refractivity contribution in [3.8, 4) is 22.3 Å². The zero-order valence-corrected chi connectivity index (χ0v) is 22.3. The van der Waals surface area contributed by atoms with Crippen molar-refractivity contribution in [2.45, 2.75) is 63.2 Å². The molecule has 0 radical (unpaired) electrons. The summed E-state index contributed by atoms with van der Waals surface area (Å²) in [6.07, 6.45) is 9.15. The summed E-state index contributed by atoms with van der Waals surface area (Å²) in [5.41, 5.74) is 7.69. The Morgan fingerprint density at radius 2 is 0.763 bits per heavy atom. The predicted molar refractivity (Wildman–Crippen MR) is 158 cm³/mol. The molecule has 2 saturated carbocycles. The van der Waals surface area contributed by atoms with E-state index in [-0.39, 0.29) is 11.8 Å². The Morgan fingerprint density at radius 1 is 0.421 bits per heavy atom. The van der Waals surface area contributed by atoms with Gasteiger partial charge in [0.05, 0.1) is 0 Å². The van der Waals surface area contributed by atoms with Crippen LogP contribution in [0, 0.1) is 11.8 Å². The highest BCUT2D eigenvalue weighted by Gasteiger charge is 2.39. The maximum absolute atomic E-state index is 14.3. The molecule has 1 nitrogen and oxygen atoms in total. The molecule has 0 saturated heterocycles. The number of rotatable bonds is 6. The zero-order valence-electron chi connectivity index (χ0n) is 22.3. The highest BCUT2D eigenvalue weighted by atomic mass is 16.1. The smallest absolute Gasteiger partial charge is 0.140 e. The van der Waals surface area contributed by atoms with E-state index in [2.05, 4.69) is 109 Å². The minimum Gasteiger partial charge on any atom is -0.299 e. The van der Waals surface area contributed by atoms with Crippen LogP contribution >= 0.6 is 0 Å². The van der Waals surface area contributed by atoms with Gasteiger partial charge in [0.25, 0.3) is 0 Å². The molecule has 0 aliphatic heterocycles. The van der Waals surface area contributed by atoms with E-state index in [1.807, 2.05) is 0 Å². The van der Waals surface area contributed by atoms with E-state index in [0.29, 0.717) is 17.6 Å². The molecule has 0 amide bonds. The SMILES string of the molecule is O=C(C1CCCCC1c1ccc(-c2ccccc2)cc1)C1CCCCC1c1ccc(-c2ccccc2)cc1. The van der Waals surface area contributed by atoms with E-state index in [9.17, 15) is 4.79 Å². The number of carbonyl (C=O) groups excluding carboxylic acids is 1. The van der Waals surface area contributed by atoms with E-state index in [1.54, 1.807) is 0 Å². The average Bonchev–Trinajstić information content (AvgIpc) is 3.02. The first-order valence-electron chi connectivity index (χ1n) is 14.6. The summed E-state index contributed by atoms with van der Waals surface area (Å²) in [7, 11) is 0. The maximum atomic E-state index is 14.3. The van der Waals surface area contributed by atoms with Crippen LogP contribution in [-0.2, 0) is 4.79 Å². The molecule has 6 rings (SSSR count). The first-order valence-corrected chi connectivity index (χ1v) is 14.6. The molecule has 192 valence electrons. The molecule has 0 aromatic heterocycles. The second-order valence-corrected chi connectivity index (χ2v) is 11.4. The van der Waals surface area contributed by atoms with E-state index in [4.69, 9.17) is 0 Å². The molecular weight excluding hydrogens is 460 g/mol. The first-order chi connectivity index (χ1) is 18.8. The van der Waals surface area contributed by atoms with Crippen LogP contribution in [0.5, 0.6) is 0 Å². The van der Waals surface area contributed by atoms with Crippen LogP contribution in [0.2, 0.25) is 0 Å². The Labute approximate surface area is 227 Å². The van der Waals surface area contributed by atoms with E-state index in [0.717, 1.165) is 25.7 Å². The van der Waals surface area contributed by atoms with Gasteiger partial charge in [-0.2, -0.15) is 0 Å². The quantitative estimate of drug-likeness (QED) is 0.258. The third-order valence-electron chi connectivity index (χ3n) is 9.15. The predicted octanol–water partition coefficient (Wildman–Crippen LogP) is 9.84. The van der Waals surface area contributed by atoms with Gasteiger partial charge < -0.3 is 0 Å². The molecule has 2 fully saturated rings. The van der Waals surface area contributed by atoms with E-state index in [1.165, 1.54) is 59.1 Å². The van der Waals surface area contributed by atoms with Gasteiger partial charge in [-0.1, -0.05) is 135 Å². The number of hydrogen-bond acceptors (Lipinski definition) is 1. The fourth-order valence-corrected chi connectivity index (χ4v) is 7.12. The summed E-state index contributed by atoms with van der Waals surface area (Å²) in [4.78, 5) is 14.3. The lowest BCUT2D eigenvalue weighted by atomic mass is 9.65. The molecule has 4 aromatic carbocycles. The topological polar surface area (TPSA) is 17.1 Å². The van der Waals surface area contributed by atoms with Crippen molar-refractivity contribution in [3.63, 3.8) is 0 Å². The summed E-state index contributed by atoms with van der Waals surface area (Å²) in [6.45, 7) is 0. The largest absolute Gasteiger partial charge is 0.299 e. The number of hydrogen-bond donors (Lipinski definition) is 0. The van der Waals surface area contributed by atoms with Gasteiger partial charge in [-0.3, -0.25) is 4.79 Å². The molecular formula is C37H38O. The lowest BCUT2D eigenvalue weighted by Crippen LogP contribution is -2.35.